The minimum absolute atomic E-state index is 0.248. The molecule has 2 amide bonds. The van der Waals surface area contributed by atoms with Crippen molar-refractivity contribution < 1.29 is 4.79 Å². The van der Waals surface area contributed by atoms with Gasteiger partial charge in [-0.2, -0.15) is 0 Å². The predicted molar refractivity (Wildman–Crippen MR) is 81.9 cm³/mol. The fraction of sp³-hybridized carbons (Fsp3) is 0.588. The Hall–Kier alpha value is -1.55. The van der Waals surface area contributed by atoms with E-state index >= 15 is 0 Å². The highest BCUT2D eigenvalue weighted by Crippen LogP contribution is 2.32. The zero-order valence-corrected chi connectivity index (χ0v) is 12.4. The van der Waals surface area contributed by atoms with Gasteiger partial charge in [0.15, 0.2) is 0 Å². The van der Waals surface area contributed by atoms with Crippen molar-refractivity contribution in [3.8, 4) is 0 Å². The summed E-state index contributed by atoms with van der Waals surface area (Å²) in [5, 5.41) is 0. The average molecular weight is 285 g/mol. The van der Waals surface area contributed by atoms with Crippen LogP contribution in [0.4, 0.5) is 4.79 Å². The molecule has 4 heteroatoms. The van der Waals surface area contributed by atoms with Crippen LogP contribution in [-0.4, -0.2) is 59.5 Å². The number of rotatable bonds is 3. The third kappa shape index (κ3) is 2.42. The maximum absolute atomic E-state index is 12.7. The van der Waals surface area contributed by atoms with Gasteiger partial charge in [-0.1, -0.05) is 30.3 Å². The van der Waals surface area contributed by atoms with Crippen LogP contribution in [0.15, 0.2) is 30.3 Å². The number of urea groups is 1. The molecular formula is C17H23N3O. The summed E-state index contributed by atoms with van der Waals surface area (Å²) in [5.41, 5.74) is 1.22. The van der Waals surface area contributed by atoms with Gasteiger partial charge in [-0.05, 0) is 37.4 Å². The Morgan fingerprint density at radius 1 is 1.00 bits per heavy atom. The molecule has 2 bridgehead atoms. The molecule has 112 valence electrons. The topological polar surface area (TPSA) is 26.8 Å². The highest BCUT2D eigenvalue weighted by Gasteiger charge is 2.42. The molecule has 0 saturated carbocycles. The molecule has 1 aromatic rings. The van der Waals surface area contributed by atoms with Crippen molar-refractivity contribution >= 4 is 6.03 Å². The van der Waals surface area contributed by atoms with Crippen LogP contribution in [-0.2, 0) is 6.54 Å². The number of piperidine rings is 3. The number of hydrogen-bond donors (Lipinski definition) is 0. The quantitative estimate of drug-likeness (QED) is 0.849. The van der Waals surface area contributed by atoms with Crippen molar-refractivity contribution in [3.63, 3.8) is 0 Å². The van der Waals surface area contributed by atoms with Gasteiger partial charge in [0.25, 0.3) is 0 Å². The molecule has 4 nitrogen and oxygen atoms in total. The molecule has 5 rings (SSSR count). The minimum Gasteiger partial charge on any atom is -0.319 e. The summed E-state index contributed by atoms with van der Waals surface area (Å²) in [4.78, 5) is 19.4. The molecular weight excluding hydrogens is 262 g/mol. The van der Waals surface area contributed by atoms with Gasteiger partial charge < -0.3 is 14.7 Å². The molecule has 4 aliphatic heterocycles. The second kappa shape index (κ2) is 5.34. The van der Waals surface area contributed by atoms with E-state index in [9.17, 15) is 4.79 Å². The molecule has 4 fully saturated rings. The number of fused-ring (bicyclic) bond motifs is 3. The van der Waals surface area contributed by atoms with Crippen LogP contribution >= 0.6 is 0 Å². The first kappa shape index (κ1) is 13.1. The molecule has 1 atom stereocenters. The maximum atomic E-state index is 12.7. The van der Waals surface area contributed by atoms with Crippen molar-refractivity contribution in [2.45, 2.75) is 25.4 Å². The van der Waals surface area contributed by atoms with E-state index in [0.29, 0.717) is 6.04 Å². The van der Waals surface area contributed by atoms with Gasteiger partial charge in [0.1, 0.15) is 0 Å². The van der Waals surface area contributed by atoms with E-state index in [-0.39, 0.29) is 6.03 Å². The summed E-state index contributed by atoms with van der Waals surface area (Å²) < 4.78 is 0. The first-order valence-corrected chi connectivity index (χ1v) is 8.13. The van der Waals surface area contributed by atoms with E-state index in [2.05, 4.69) is 21.9 Å². The number of amides is 2. The first-order valence-electron chi connectivity index (χ1n) is 8.13. The van der Waals surface area contributed by atoms with Crippen molar-refractivity contribution in [2.24, 2.45) is 5.92 Å². The van der Waals surface area contributed by atoms with Crippen LogP contribution in [0.3, 0.4) is 0 Å². The number of benzene rings is 1. The Labute approximate surface area is 126 Å². The minimum atomic E-state index is 0.248. The third-order valence-electron chi connectivity index (χ3n) is 5.37. The molecule has 4 heterocycles. The number of hydrogen-bond acceptors (Lipinski definition) is 2. The largest absolute Gasteiger partial charge is 0.320 e. The highest BCUT2D eigenvalue weighted by molar-refractivity contribution is 5.77. The van der Waals surface area contributed by atoms with E-state index < -0.39 is 0 Å². The lowest BCUT2D eigenvalue weighted by atomic mass is 9.83. The van der Waals surface area contributed by atoms with Gasteiger partial charge in [0.2, 0.25) is 0 Å². The lowest BCUT2D eigenvalue weighted by Gasteiger charge is -2.47. The van der Waals surface area contributed by atoms with Crippen molar-refractivity contribution in [1.82, 2.24) is 14.7 Å². The van der Waals surface area contributed by atoms with Crippen molar-refractivity contribution in [2.75, 3.05) is 32.7 Å². The van der Waals surface area contributed by atoms with E-state index in [1.165, 1.54) is 31.5 Å². The van der Waals surface area contributed by atoms with Crippen LogP contribution in [0, 0.1) is 5.92 Å². The standard InChI is InChI=1S/C17H23N3O/c21-17-19(12-14-4-2-1-3-5-14)10-11-20(17)16-13-18-8-6-15(16)7-9-18/h1-5,15-16H,6-13H2. The number of nitrogens with zero attached hydrogens (tertiary/aromatic N) is 3. The monoisotopic (exact) mass is 285 g/mol. The van der Waals surface area contributed by atoms with E-state index in [4.69, 9.17) is 0 Å². The van der Waals surface area contributed by atoms with E-state index in [1.807, 2.05) is 23.1 Å². The smallest absolute Gasteiger partial charge is 0.319 e. The van der Waals surface area contributed by atoms with Gasteiger partial charge in [0, 0.05) is 32.2 Å². The third-order valence-corrected chi connectivity index (χ3v) is 5.37. The Morgan fingerprint density at radius 3 is 2.43 bits per heavy atom. The molecule has 0 aromatic heterocycles. The van der Waals surface area contributed by atoms with Crippen LogP contribution in [0.25, 0.3) is 0 Å². The summed E-state index contributed by atoms with van der Waals surface area (Å²) in [6.07, 6.45) is 2.54. The molecule has 4 saturated heterocycles. The zero-order valence-electron chi connectivity index (χ0n) is 12.4. The highest BCUT2D eigenvalue weighted by atomic mass is 16.2. The number of carbonyl (C=O) groups excluding carboxylic acids is 1. The van der Waals surface area contributed by atoms with Gasteiger partial charge in [-0.15, -0.1) is 0 Å². The second-order valence-corrected chi connectivity index (χ2v) is 6.59. The SMILES string of the molecule is O=C1N(Cc2ccccc2)CCN1C1CN2CCC1CC2. The van der Waals surface area contributed by atoms with Crippen LogP contribution in [0.1, 0.15) is 18.4 Å². The van der Waals surface area contributed by atoms with Gasteiger partial charge in [-0.3, -0.25) is 0 Å². The van der Waals surface area contributed by atoms with Crippen LogP contribution in [0.2, 0.25) is 0 Å². The van der Waals surface area contributed by atoms with Gasteiger partial charge >= 0.3 is 6.03 Å². The normalized spacial score (nSPS) is 32.0. The van der Waals surface area contributed by atoms with Crippen LogP contribution < -0.4 is 0 Å². The fourth-order valence-electron chi connectivity index (χ4n) is 4.15. The molecule has 1 aromatic carbocycles. The Balaban J connectivity index is 1.44. The summed E-state index contributed by atoms with van der Waals surface area (Å²) in [6, 6.07) is 11.0. The zero-order chi connectivity index (χ0) is 14.2. The molecule has 0 spiro atoms. The van der Waals surface area contributed by atoms with E-state index in [0.717, 1.165) is 32.1 Å². The molecule has 1 unspecified atom stereocenters. The van der Waals surface area contributed by atoms with Gasteiger partial charge in [-0.25, -0.2) is 4.79 Å². The second-order valence-electron chi connectivity index (χ2n) is 6.59. The van der Waals surface area contributed by atoms with Crippen molar-refractivity contribution in [3.05, 3.63) is 35.9 Å². The lowest BCUT2D eigenvalue weighted by Crippen LogP contribution is -2.58. The summed E-state index contributed by atoms with van der Waals surface area (Å²) >= 11 is 0. The molecule has 4 aliphatic rings. The Bertz CT molecular complexity index is 510. The Kier molecular flexibility index (Phi) is 3.34. The average Bonchev–Trinajstić information content (AvgIpc) is 2.90. The molecule has 0 radical (unpaired) electrons. The fourth-order valence-corrected chi connectivity index (χ4v) is 4.15. The van der Waals surface area contributed by atoms with Crippen LogP contribution in [0.5, 0.6) is 0 Å². The molecule has 0 aliphatic carbocycles. The maximum Gasteiger partial charge on any atom is 0.320 e. The molecule has 21 heavy (non-hydrogen) atoms. The molecule has 0 N–H and O–H groups in total. The van der Waals surface area contributed by atoms with E-state index in [1.54, 1.807) is 0 Å². The summed E-state index contributed by atoms with van der Waals surface area (Å²) in [6.45, 7) is 6.08. The summed E-state index contributed by atoms with van der Waals surface area (Å²) in [7, 11) is 0. The first-order chi connectivity index (χ1) is 10.3. The number of carbonyl (C=O) groups is 1. The van der Waals surface area contributed by atoms with Crippen molar-refractivity contribution in [1.29, 1.82) is 0 Å². The predicted octanol–water partition coefficient (Wildman–Crippen LogP) is 2.02. The summed E-state index contributed by atoms with van der Waals surface area (Å²) in [5.74, 6) is 0.732. The van der Waals surface area contributed by atoms with Gasteiger partial charge in [0.05, 0.1) is 0 Å². The Morgan fingerprint density at radius 2 is 1.76 bits per heavy atom. The lowest BCUT2D eigenvalue weighted by molar-refractivity contribution is 0.0282.